The molecular formula is C22H40N2O7. The summed E-state index contributed by atoms with van der Waals surface area (Å²) < 4.78 is 10.4. The number of carbonyl (C=O) groups excluding carboxylic acids is 2. The van der Waals surface area contributed by atoms with Gasteiger partial charge in [0.05, 0.1) is 13.0 Å². The monoisotopic (exact) mass is 444 g/mol. The number of piperidine rings is 1. The van der Waals surface area contributed by atoms with Crippen LogP contribution in [-0.2, 0) is 14.3 Å². The first-order valence-corrected chi connectivity index (χ1v) is 11.8. The van der Waals surface area contributed by atoms with E-state index >= 15 is 0 Å². The van der Waals surface area contributed by atoms with Gasteiger partial charge in [0.1, 0.15) is 31.0 Å². The molecule has 0 aromatic carbocycles. The Morgan fingerprint density at radius 3 is 2.26 bits per heavy atom. The Morgan fingerprint density at radius 1 is 1.00 bits per heavy atom. The fraction of sp³-hybridized carbons (Fsp3) is 0.909. The molecule has 9 nitrogen and oxygen atoms in total. The Morgan fingerprint density at radius 2 is 1.61 bits per heavy atom. The zero-order valence-corrected chi connectivity index (χ0v) is 18.7. The van der Waals surface area contributed by atoms with Gasteiger partial charge in [-0.2, -0.15) is 0 Å². The summed E-state index contributed by atoms with van der Waals surface area (Å²) in [5.74, 6) is -0.164. The molecule has 0 aromatic heterocycles. The fourth-order valence-electron chi connectivity index (χ4n) is 4.15. The molecule has 0 aromatic rings. The second-order valence-corrected chi connectivity index (χ2v) is 8.57. The van der Waals surface area contributed by atoms with Crippen LogP contribution in [0.2, 0.25) is 0 Å². The molecule has 2 fully saturated rings. The van der Waals surface area contributed by atoms with Crippen molar-refractivity contribution in [3.8, 4) is 0 Å². The van der Waals surface area contributed by atoms with Gasteiger partial charge in [0.15, 0.2) is 6.23 Å². The van der Waals surface area contributed by atoms with E-state index in [1.54, 1.807) is 0 Å². The van der Waals surface area contributed by atoms with Crippen molar-refractivity contribution in [1.82, 2.24) is 10.2 Å². The van der Waals surface area contributed by atoms with Gasteiger partial charge in [-0.1, -0.05) is 64.7 Å². The number of hydrogen-bond donors (Lipinski definition) is 4. The van der Waals surface area contributed by atoms with Gasteiger partial charge in [0.25, 0.3) is 0 Å². The van der Waals surface area contributed by atoms with Crippen LogP contribution in [0.4, 0.5) is 4.79 Å². The number of nitrogens with zero attached hydrogens (tertiary/aromatic N) is 1. The molecule has 5 atom stereocenters. The highest BCUT2D eigenvalue weighted by molar-refractivity contribution is 5.75. The second-order valence-electron chi connectivity index (χ2n) is 8.57. The molecule has 0 radical (unpaired) electrons. The number of fused-ring (bicyclic) bond motifs is 1. The van der Waals surface area contributed by atoms with Gasteiger partial charge in [-0.3, -0.25) is 9.69 Å². The lowest BCUT2D eigenvalue weighted by Crippen LogP contribution is -2.66. The largest absolute Gasteiger partial charge is 0.447 e. The minimum absolute atomic E-state index is 0.0229. The molecule has 0 aliphatic carbocycles. The maximum absolute atomic E-state index is 12.0. The minimum Gasteiger partial charge on any atom is -0.447 e. The number of aliphatic hydroxyl groups is 3. The molecule has 2 amide bonds. The van der Waals surface area contributed by atoms with Crippen molar-refractivity contribution in [2.45, 2.75) is 108 Å². The van der Waals surface area contributed by atoms with Crippen molar-refractivity contribution in [2.24, 2.45) is 0 Å². The lowest BCUT2D eigenvalue weighted by atomic mass is 9.94. The van der Waals surface area contributed by atoms with Crippen LogP contribution < -0.4 is 5.32 Å². The van der Waals surface area contributed by atoms with E-state index < -0.39 is 36.7 Å². The van der Waals surface area contributed by atoms with Crippen molar-refractivity contribution in [3.63, 3.8) is 0 Å². The summed E-state index contributed by atoms with van der Waals surface area (Å²) in [5, 5.41) is 33.0. The van der Waals surface area contributed by atoms with E-state index in [9.17, 15) is 24.9 Å². The summed E-state index contributed by atoms with van der Waals surface area (Å²) in [4.78, 5) is 25.0. The number of amides is 2. The predicted molar refractivity (Wildman–Crippen MR) is 114 cm³/mol. The average molecular weight is 445 g/mol. The van der Waals surface area contributed by atoms with E-state index in [4.69, 9.17) is 9.47 Å². The van der Waals surface area contributed by atoms with Crippen LogP contribution in [0.15, 0.2) is 0 Å². The average Bonchev–Trinajstić information content (AvgIpc) is 3.14. The maximum Gasteiger partial charge on any atom is 0.412 e. The van der Waals surface area contributed by atoms with Crippen molar-refractivity contribution >= 4 is 12.0 Å². The Bertz CT molecular complexity index is 548. The molecule has 4 N–H and O–H groups in total. The molecule has 0 spiro atoms. The van der Waals surface area contributed by atoms with Gasteiger partial charge in [-0.05, 0) is 6.42 Å². The summed E-state index contributed by atoms with van der Waals surface area (Å²) in [5.41, 5.74) is 0. The van der Waals surface area contributed by atoms with Crippen molar-refractivity contribution in [2.75, 3.05) is 19.8 Å². The third kappa shape index (κ3) is 7.89. The van der Waals surface area contributed by atoms with Gasteiger partial charge in [0, 0.05) is 6.54 Å². The molecule has 2 aliphatic heterocycles. The summed E-state index contributed by atoms with van der Waals surface area (Å²) in [7, 11) is 0. The van der Waals surface area contributed by atoms with Crippen molar-refractivity contribution in [3.05, 3.63) is 0 Å². The van der Waals surface area contributed by atoms with Crippen LogP contribution in [-0.4, -0.2) is 82.6 Å². The van der Waals surface area contributed by atoms with E-state index in [0.29, 0.717) is 6.54 Å². The third-order valence-electron chi connectivity index (χ3n) is 6.08. The predicted octanol–water partition coefficient (Wildman–Crippen LogP) is 1.67. The first-order valence-electron chi connectivity index (χ1n) is 11.8. The first kappa shape index (κ1) is 25.8. The number of rotatable bonds is 15. The van der Waals surface area contributed by atoms with Gasteiger partial charge in [-0.15, -0.1) is 0 Å². The Hall–Kier alpha value is -1.42. The molecule has 180 valence electrons. The second kappa shape index (κ2) is 13.9. The maximum atomic E-state index is 12.0. The topological polar surface area (TPSA) is 129 Å². The number of hydrogen-bond acceptors (Lipinski definition) is 7. The Balaban J connectivity index is 1.53. The van der Waals surface area contributed by atoms with Crippen LogP contribution in [0.3, 0.4) is 0 Å². The molecule has 31 heavy (non-hydrogen) atoms. The highest BCUT2D eigenvalue weighted by Crippen LogP contribution is 2.30. The molecule has 2 saturated heterocycles. The highest BCUT2D eigenvalue weighted by Gasteiger charge is 2.54. The SMILES string of the molecule is CCCCCCCCCCCCNC(=O)CCOC1C(O)C(O)C(O)C2COC(=O)N21. The molecule has 0 bridgehead atoms. The van der Waals surface area contributed by atoms with E-state index in [1.807, 2.05) is 0 Å². The van der Waals surface area contributed by atoms with E-state index in [0.717, 1.165) is 17.7 Å². The summed E-state index contributed by atoms with van der Waals surface area (Å²) in [6.45, 7) is 2.74. The highest BCUT2D eigenvalue weighted by atomic mass is 16.6. The molecule has 5 unspecified atom stereocenters. The summed E-state index contributed by atoms with van der Waals surface area (Å²) >= 11 is 0. The lowest BCUT2D eigenvalue weighted by molar-refractivity contribution is -0.211. The minimum atomic E-state index is -1.48. The van der Waals surface area contributed by atoms with E-state index in [2.05, 4.69) is 12.2 Å². The van der Waals surface area contributed by atoms with Gasteiger partial charge < -0.3 is 30.1 Å². The quantitative estimate of drug-likeness (QED) is 0.283. The molecule has 9 heteroatoms. The number of aliphatic hydroxyl groups excluding tert-OH is 3. The number of carbonyl (C=O) groups is 2. The van der Waals surface area contributed by atoms with Crippen LogP contribution in [0.1, 0.15) is 77.6 Å². The standard InChI is InChI=1S/C22H40N2O7/c1-2-3-4-5-6-7-8-9-10-11-13-23-17(25)12-14-30-21-20(28)19(27)18(26)16-15-31-22(29)24(16)21/h16,18-21,26-28H,2-15H2,1H3,(H,23,25). The van der Waals surface area contributed by atoms with E-state index in [-0.39, 0.29) is 25.5 Å². The van der Waals surface area contributed by atoms with Crippen LogP contribution in [0, 0.1) is 0 Å². The molecule has 2 rings (SSSR count). The molecule has 2 heterocycles. The molecule has 2 aliphatic rings. The van der Waals surface area contributed by atoms with Gasteiger partial charge in [-0.25, -0.2) is 4.79 Å². The number of nitrogens with one attached hydrogen (secondary N) is 1. The summed E-state index contributed by atoms with van der Waals surface area (Å²) in [6.07, 6.45) is 6.33. The van der Waals surface area contributed by atoms with Crippen LogP contribution in [0.25, 0.3) is 0 Å². The number of cyclic esters (lactones) is 1. The van der Waals surface area contributed by atoms with Gasteiger partial charge >= 0.3 is 6.09 Å². The third-order valence-corrected chi connectivity index (χ3v) is 6.08. The Kier molecular flexibility index (Phi) is 11.6. The summed E-state index contributed by atoms with van der Waals surface area (Å²) in [6, 6.07) is -0.777. The fourth-order valence-corrected chi connectivity index (χ4v) is 4.15. The smallest absolute Gasteiger partial charge is 0.412 e. The van der Waals surface area contributed by atoms with Crippen LogP contribution in [0.5, 0.6) is 0 Å². The number of unbranched alkanes of at least 4 members (excludes halogenated alkanes) is 9. The zero-order chi connectivity index (χ0) is 22.6. The van der Waals surface area contributed by atoms with Crippen molar-refractivity contribution < 1.29 is 34.4 Å². The number of ether oxygens (including phenoxy) is 2. The molecule has 0 saturated carbocycles. The van der Waals surface area contributed by atoms with Crippen molar-refractivity contribution in [1.29, 1.82) is 0 Å². The van der Waals surface area contributed by atoms with Gasteiger partial charge in [0.2, 0.25) is 5.91 Å². The normalized spacial score (nSPS) is 27.8. The van der Waals surface area contributed by atoms with E-state index in [1.165, 1.54) is 51.4 Å². The Labute approximate surface area is 185 Å². The molecular weight excluding hydrogens is 404 g/mol. The van der Waals surface area contributed by atoms with Crippen LogP contribution >= 0.6 is 0 Å². The zero-order valence-electron chi connectivity index (χ0n) is 18.7. The lowest BCUT2D eigenvalue weighted by Gasteiger charge is -2.43. The first-order chi connectivity index (χ1) is 15.0.